The number of amides is 2. The van der Waals surface area contributed by atoms with Gasteiger partial charge in [-0.1, -0.05) is 0 Å². The Morgan fingerprint density at radius 1 is 1.09 bits per heavy atom. The number of aliphatic carboxylic acids is 1. The molecule has 0 spiro atoms. The zero-order valence-corrected chi connectivity index (χ0v) is 13.1. The van der Waals surface area contributed by atoms with Gasteiger partial charge >= 0.3 is 5.97 Å². The van der Waals surface area contributed by atoms with Gasteiger partial charge in [-0.3, -0.25) is 14.4 Å². The van der Waals surface area contributed by atoms with Crippen molar-refractivity contribution in [3.05, 3.63) is 29.8 Å². The second kappa shape index (κ2) is 10.3. The molecule has 1 rings (SSSR count). The van der Waals surface area contributed by atoms with Crippen LogP contribution in [0.2, 0.25) is 0 Å². The summed E-state index contributed by atoms with van der Waals surface area (Å²) in [5.74, 6) is -1.39. The van der Waals surface area contributed by atoms with Crippen molar-refractivity contribution in [1.29, 1.82) is 0 Å². The van der Waals surface area contributed by atoms with Crippen molar-refractivity contribution in [3.8, 4) is 0 Å². The Labute approximate surface area is 135 Å². The molecule has 0 aromatic heterocycles. The van der Waals surface area contributed by atoms with Crippen molar-refractivity contribution >= 4 is 23.5 Å². The smallest absolute Gasteiger partial charge is 0.305 e. The Hall–Kier alpha value is -2.41. The third-order valence-electron chi connectivity index (χ3n) is 3.06. The third-order valence-corrected chi connectivity index (χ3v) is 3.06. The van der Waals surface area contributed by atoms with E-state index in [2.05, 4.69) is 10.6 Å². The highest BCUT2D eigenvalue weighted by molar-refractivity contribution is 5.95. The second-order valence-electron chi connectivity index (χ2n) is 4.98. The number of hydrogen-bond acceptors (Lipinski definition) is 4. The maximum atomic E-state index is 11.8. The zero-order valence-electron chi connectivity index (χ0n) is 13.1. The molecular weight excluding hydrogens is 300 g/mol. The lowest BCUT2D eigenvalue weighted by Crippen LogP contribution is -2.25. The van der Waals surface area contributed by atoms with Gasteiger partial charge in [0, 0.05) is 37.9 Å². The van der Waals surface area contributed by atoms with Crippen LogP contribution in [0.3, 0.4) is 0 Å². The summed E-state index contributed by atoms with van der Waals surface area (Å²) in [6.07, 6.45) is 1.88. The van der Waals surface area contributed by atoms with Crippen molar-refractivity contribution in [2.45, 2.75) is 25.7 Å². The highest BCUT2D eigenvalue weighted by Gasteiger charge is 2.07. The van der Waals surface area contributed by atoms with E-state index in [0.29, 0.717) is 24.3 Å². The van der Waals surface area contributed by atoms with Gasteiger partial charge < -0.3 is 20.5 Å². The van der Waals surface area contributed by atoms with Crippen LogP contribution in [0.25, 0.3) is 0 Å². The fraction of sp³-hybridized carbons (Fsp3) is 0.438. The molecule has 1 aromatic rings. The molecule has 0 unspecified atom stereocenters. The molecule has 0 bridgehead atoms. The third kappa shape index (κ3) is 7.96. The van der Waals surface area contributed by atoms with Crippen LogP contribution >= 0.6 is 0 Å². The van der Waals surface area contributed by atoms with Crippen molar-refractivity contribution in [2.75, 3.05) is 25.6 Å². The summed E-state index contributed by atoms with van der Waals surface area (Å²) in [5, 5.41) is 13.8. The number of ether oxygens (including phenoxy) is 1. The van der Waals surface area contributed by atoms with E-state index in [-0.39, 0.29) is 24.8 Å². The maximum Gasteiger partial charge on any atom is 0.305 e. The number of methoxy groups -OCH3 is 1. The number of benzene rings is 1. The Kier molecular flexibility index (Phi) is 8.38. The molecule has 0 heterocycles. The standard InChI is InChI=1S/C16H22N2O5/c1-23-11-3-2-4-14(19)18-13-7-5-12(6-8-13)16(22)17-10-9-15(20)21/h5-8H,2-4,9-11H2,1H3,(H,17,22)(H,18,19)(H,20,21). The number of hydrogen-bond donors (Lipinski definition) is 3. The second-order valence-corrected chi connectivity index (χ2v) is 4.98. The normalized spacial score (nSPS) is 10.1. The molecule has 0 aliphatic rings. The van der Waals surface area contributed by atoms with Crippen molar-refractivity contribution < 1.29 is 24.2 Å². The molecular formula is C16H22N2O5. The molecule has 7 nitrogen and oxygen atoms in total. The van der Waals surface area contributed by atoms with E-state index in [1.165, 1.54) is 0 Å². The van der Waals surface area contributed by atoms with Gasteiger partial charge in [0.05, 0.1) is 6.42 Å². The molecule has 1 aromatic carbocycles. The summed E-state index contributed by atoms with van der Waals surface area (Å²) in [5.41, 5.74) is 1.03. The van der Waals surface area contributed by atoms with E-state index >= 15 is 0 Å². The van der Waals surface area contributed by atoms with Gasteiger partial charge in [0.1, 0.15) is 0 Å². The Bertz CT molecular complexity index is 528. The van der Waals surface area contributed by atoms with E-state index in [9.17, 15) is 14.4 Å². The summed E-state index contributed by atoms with van der Waals surface area (Å²) in [6, 6.07) is 6.44. The number of rotatable bonds is 10. The van der Waals surface area contributed by atoms with Crippen molar-refractivity contribution in [2.24, 2.45) is 0 Å². The summed E-state index contributed by atoms with van der Waals surface area (Å²) in [4.78, 5) is 33.8. The Balaban J connectivity index is 2.39. The molecule has 0 saturated carbocycles. The number of anilines is 1. The predicted octanol–water partition coefficient (Wildman–Crippen LogP) is 1.65. The average molecular weight is 322 g/mol. The predicted molar refractivity (Wildman–Crippen MR) is 85.4 cm³/mol. The van der Waals surface area contributed by atoms with Crippen LogP contribution in [0.4, 0.5) is 5.69 Å². The molecule has 0 aliphatic carbocycles. The van der Waals surface area contributed by atoms with Gasteiger partial charge in [-0.05, 0) is 37.1 Å². The summed E-state index contributed by atoms with van der Waals surface area (Å²) < 4.78 is 4.92. The minimum atomic E-state index is -0.964. The van der Waals surface area contributed by atoms with Crippen LogP contribution in [0.5, 0.6) is 0 Å². The van der Waals surface area contributed by atoms with Gasteiger partial charge in [-0.25, -0.2) is 0 Å². The van der Waals surface area contributed by atoms with Gasteiger partial charge in [0.2, 0.25) is 5.91 Å². The monoisotopic (exact) mass is 322 g/mol. The quantitative estimate of drug-likeness (QED) is 0.568. The lowest BCUT2D eigenvalue weighted by atomic mass is 10.2. The molecule has 0 aliphatic heterocycles. The first kappa shape index (κ1) is 18.6. The average Bonchev–Trinajstić information content (AvgIpc) is 2.52. The van der Waals surface area contributed by atoms with E-state index in [4.69, 9.17) is 9.84 Å². The van der Waals surface area contributed by atoms with E-state index in [1.807, 2.05) is 0 Å². The minimum Gasteiger partial charge on any atom is -0.481 e. The number of carbonyl (C=O) groups is 3. The first-order chi connectivity index (χ1) is 11.0. The largest absolute Gasteiger partial charge is 0.481 e. The molecule has 0 atom stereocenters. The summed E-state index contributed by atoms with van der Waals surface area (Å²) >= 11 is 0. The van der Waals surface area contributed by atoms with Crippen LogP contribution in [0, 0.1) is 0 Å². The van der Waals surface area contributed by atoms with Crippen LogP contribution in [0.15, 0.2) is 24.3 Å². The van der Waals surface area contributed by atoms with Gasteiger partial charge in [-0.2, -0.15) is 0 Å². The fourth-order valence-electron chi connectivity index (χ4n) is 1.85. The highest BCUT2D eigenvalue weighted by atomic mass is 16.5. The van der Waals surface area contributed by atoms with Crippen LogP contribution in [0.1, 0.15) is 36.0 Å². The first-order valence-corrected chi connectivity index (χ1v) is 7.41. The number of unbranched alkanes of at least 4 members (excludes halogenated alkanes) is 1. The first-order valence-electron chi connectivity index (χ1n) is 7.41. The highest BCUT2D eigenvalue weighted by Crippen LogP contribution is 2.10. The Morgan fingerprint density at radius 3 is 2.39 bits per heavy atom. The number of nitrogens with one attached hydrogen (secondary N) is 2. The Morgan fingerprint density at radius 2 is 1.78 bits per heavy atom. The molecule has 0 fully saturated rings. The van der Waals surface area contributed by atoms with E-state index in [1.54, 1.807) is 31.4 Å². The molecule has 3 N–H and O–H groups in total. The molecule has 23 heavy (non-hydrogen) atoms. The van der Waals surface area contributed by atoms with Crippen LogP contribution in [-0.2, 0) is 14.3 Å². The van der Waals surface area contributed by atoms with E-state index < -0.39 is 5.97 Å². The molecule has 7 heteroatoms. The summed E-state index contributed by atoms with van der Waals surface area (Å²) in [6.45, 7) is 0.715. The number of carbonyl (C=O) groups excluding carboxylic acids is 2. The molecule has 0 saturated heterocycles. The van der Waals surface area contributed by atoms with E-state index in [0.717, 1.165) is 12.8 Å². The maximum absolute atomic E-state index is 11.8. The lowest BCUT2D eigenvalue weighted by Gasteiger charge is -2.07. The van der Waals surface area contributed by atoms with Crippen LogP contribution < -0.4 is 10.6 Å². The summed E-state index contributed by atoms with van der Waals surface area (Å²) in [7, 11) is 1.62. The van der Waals surface area contributed by atoms with Gasteiger partial charge in [0.25, 0.3) is 5.91 Å². The fourth-order valence-corrected chi connectivity index (χ4v) is 1.85. The minimum absolute atomic E-state index is 0.0775. The topological polar surface area (TPSA) is 105 Å². The SMILES string of the molecule is COCCCCC(=O)Nc1ccc(C(=O)NCCC(=O)O)cc1. The molecule has 126 valence electrons. The van der Waals surface area contributed by atoms with Gasteiger partial charge in [0.15, 0.2) is 0 Å². The van der Waals surface area contributed by atoms with Crippen molar-refractivity contribution in [3.63, 3.8) is 0 Å². The van der Waals surface area contributed by atoms with Crippen molar-refractivity contribution in [1.82, 2.24) is 5.32 Å². The lowest BCUT2D eigenvalue weighted by molar-refractivity contribution is -0.136. The zero-order chi connectivity index (χ0) is 17.1. The molecule has 0 radical (unpaired) electrons. The number of carboxylic acid groups (broad SMARTS) is 1. The number of carboxylic acids is 1. The van der Waals surface area contributed by atoms with Crippen LogP contribution in [-0.4, -0.2) is 43.2 Å². The van der Waals surface area contributed by atoms with Gasteiger partial charge in [-0.15, -0.1) is 0 Å². The molecule has 2 amide bonds.